The molecule has 2 rings (SSSR count). The Hall–Kier alpha value is -0.780. The average molecular weight is 326 g/mol. The Kier molecular flexibility index (Phi) is 5.28. The molecule has 1 atom stereocenters. The molecule has 0 fully saturated rings. The molecule has 5 heteroatoms. The van der Waals surface area contributed by atoms with Gasteiger partial charge in [0.25, 0.3) is 0 Å². The third-order valence-electron chi connectivity index (χ3n) is 2.61. The third kappa shape index (κ3) is 3.86. The number of thiazole rings is 1. The van der Waals surface area contributed by atoms with Crippen molar-refractivity contribution in [2.24, 2.45) is 0 Å². The van der Waals surface area contributed by atoms with Gasteiger partial charge in [-0.3, -0.25) is 4.98 Å². The van der Waals surface area contributed by atoms with Gasteiger partial charge < -0.3 is 5.32 Å². The molecule has 1 N–H and O–H groups in total. The number of rotatable bonds is 6. The maximum absolute atomic E-state index is 4.48. The van der Waals surface area contributed by atoms with Crippen LogP contribution in [-0.4, -0.2) is 16.5 Å². The van der Waals surface area contributed by atoms with Gasteiger partial charge in [-0.2, -0.15) is 0 Å². The van der Waals surface area contributed by atoms with Crippen LogP contribution in [0.25, 0.3) is 0 Å². The van der Waals surface area contributed by atoms with Crippen LogP contribution >= 0.6 is 27.3 Å². The summed E-state index contributed by atoms with van der Waals surface area (Å²) in [6, 6.07) is 4.33. The van der Waals surface area contributed by atoms with Crippen LogP contribution in [0.3, 0.4) is 0 Å². The van der Waals surface area contributed by atoms with E-state index in [1.54, 1.807) is 11.3 Å². The second-order valence-electron chi connectivity index (χ2n) is 4.04. The minimum Gasteiger partial charge on any atom is -0.308 e. The number of hydrogen-bond acceptors (Lipinski definition) is 4. The van der Waals surface area contributed by atoms with E-state index in [4.69, 9.17) is 0 Å². The van der Waals surface area contributed by atoms with Gasteiger partial charge in [0.2, 0.25) is 0 Å². The molecule has 96 valence electrons. The first kappa shape index (κ1) is 13.6. The van der Waals surface area contributed by atoms with Crippen molar-refractivity contribution in [1.29, 1.82) is 0 Å². The fourth-order valence-corrected chi connectivity index (χ4v) is 2.62. The highest BCUT2D eigenvalue weighted by molar-refractivity contribution is 9.10. The third-order valence-corrected chi connectivity index (χ3v) is 3.88. The molecular weight excluding hydrogens is 310 g/mol. The predicted molar refractivity (Wildman–Crippen MR) is 78.8 cm³/mol. The van der Waals surface area contributed by atoms with E-state index in [1.165, 1.54) is 0 Å². The van der Waals surface area contributed by atoms with Crippen LogP contribution in [0.1, 0.15) is 30.1 Å². The van der Waals surface area contributed by atoms with Gasteiger partial charge in [0, 0.05) is 28.7 Å². The molecule has 2 aromatic rings. The minimum atomic E-state index is 0.240. The molecule has 0 aliphatic rings. The highest BCUT2D eigenvalue weighted by Gasteiger charge is 2.14. The molecule has 3 nitrogen and oxygen atoms in total. The first-order valence-corrected chi connectivity index (χ1v) is 7.70. The SMILES string of the molecule is CCCNC(Cc1nccs1)c1ccc(Br)cn1. The van der Waals surface area contributed by atoms with Crippen LogP contribution < -0.4 is 5.32 Å². The van der Waals surface area contributed by atoms with E-state index in [0.29, 0.717) is 0 Å². The zero-order valence-electron chi connectivity index (χ0n) is 10.3. The standard InChI is InChI=1S/C13H16BrN3S/c1-2-5-15-12(8-13-16-6-7-18-13)11-4-3-10(14)9-17-11/h3-4,6-7,9,12,15H,2,5,8H2,1H3. The molecule has 0 spiro atoms. The van der Waals surface area contributed by atoms with Gasteiger partial charge in [-0.05, 0) is 41.0 Å². The summed E-state index contributed by atoms with van der Waals surface area (Å²) >= 11 is 5.11. The summed E-state index contributed by atoms with van der Waals surface area (Å²) < 4.78 is 1.01. The summed E-state index contributed by atoms with van der Waals surface area (Å²) in [5.74, 6) is 0. The van der Waals surface area contributed by atoms with Crippen molar-refractivity contribution in [3.8, 4) is 0 Å². The lowest BCUT2D eigenvalue weighted by Crippen LogP contribution is -2.24. The normalized spacial score (nSPS) is 12.6. The van der Waals surface area contributed by atoms with Crippen LogP contribution in [0.5, 0.6) is 0 Å². The van der Waals surface area contributed by atoms with E-state index in [1.807, 2.05) is 23.8 Å². The Morgan fingerprint density at radius 3 is 2.89 bits per heavy atom. The largest absolute Gasteiger partial charge is 0.308 e. The van der Waals surface area contributed by atoms with Crippen LogP contribution in [0.15, 0.2) is 34.4 Å². The van der Waals surface area contributed by atoms with E-state index in [-0.39, 0.29) is 6.04 Å². The highest BCUT2D eigenvalue weighted by atomic mass is 79.9. The Labute approximate surface area is 120 Å². The van der Waals surface area contributed by atoms with Gasteiger partial charge in [0.05, 0.1) is 16.7 Å². The fourth-order valence-electron chi connectivity index (χ4n) is 1.72. The fraction of sp³-hybridized carbons (Fsp3) is 0.385. The van der Waals surface area contributed by atoms with Gasteiger partial charge in [0.15, 0.2) is 0 Å². The van der Waals surface area contributed by atoms with Crippen LogP contribution in [-0.2, 0) is 6.42 Å². The second kappa shape index (κ2) is 6.97. The van der Waals surface area contributed by atoms with Crippen molar-refractivity contribution in [2.75, 3.05) is 6.54 Å². The van der Waals surface area contributed by atoms with Crippen LogP contribution in [0, 0.1) is 0 Å². The summed E-state index contributed by atoms with van der Waals surface area (Å²) in [4.78, 5) is 8.83. The predicted octanol–water partition coefficient (Wildman–Crippen LogP) is 3.58. The lowest BCUT2D eigenvalue weighted by Gasteiger charge is -2.16. The van der Waals surface area contributed by atoms with Crippen molar-refractivity contribution >= 4 is 27.3 Å². The summed E-state index contributed by atoms with van der Waals surface area (Å²) in [6.07, 6.45) is 5.71. The zero-order chi connectivity index (χ0) is 12.8. The molecule has 2 aromatic heterocycles. The van der Waals surface area contributed by atoms with Gasteiger partial charge in [-0.15, -0.1) is 11.3 Å². The minimum absolute atomic E-state index is 0.240. The van der Waals surface area contributed by atoms with E-state index in [9.17, 15) is 0 Å². The lowest BCUT2D eigenvalue weighted by molar-refractivity contribution is 0.517. The van der Waals surface area contributed by atoms with Crippen LogP contribution in [0.2, 0.25) is 0 Å². The van der Waals surface area contributed by atoms with E-state index in [0.717, 1.165) is 34.6 Å². The molecule has 2 heterocycles. The number of aromatic nitrogens is 2. The molecule has 0 aliphatic heterocycles. The smallest absolute Gasteiger partial charge is 0.0944 e. The molecule has 0 aromatic carbocycles. The number of nitrogens with one attached hydrogen (secondary N) is 1. The molecule has 0 saturated heterocycles. The molecule has 0 saturated carbocycles. The second-order valence-corrected chi connectivity index (χ2v) is 5.93. The summed E-state index contributed by atoms with van der Waals surface area (Å²) in [7, 11) is 0. The van der Waals surface area contributed by atoms with Crippen molar-refractivity contribution in [3.63, 3.8) is 0 Å². The average Bonchev–Trinajstić information content (AvgIpc) is 2.88. The molecule has 0 radical (unpaired) electrons. The number of pyridine rings is 1. The van der Waals surface area contributed by atoms with Crippen molar-refractivity contribution in [3.05, 3.63) is 45.1 Å². The molecule has 0 aliphatic carbocycles. The highest BCUT2D eigenvalue weighted by Crippen LogP contribution is 2.19. The number of hydrogen-bond donors (Lipinski definition) is 1. The van der Waals surface area contributed by atoms with Gasteiger partial charge in [-0.1, -0.05) is 6.92 Å². The van der Waals surface area contributed by atoms with E-state index < -0.39 is 0 Å². The van der Waals surface area contributed by atoms with Crippen LogP contribution in [0.4, 0.5) is 0 Å². The number of halogens is 1. The number of nitrogens with zero attached hydrogens (tertiary/aromatic N) is 2. The van der Waals surface area contributed by atoms with Crippen molar-refractivity contribution in [1.82, 2.24) is 15.3 Å². The molecule has 1 unspecified atom stereocenters. The van der Waals surface area contributed by atoms with Gasteiger partial charge in [0.1, 0.15) is 0 Å². The summed E-state index contributed by atoms with van der Waals surface area (Å²) in [6.45, 7) is 3.16. The molecule has 0 amide bonds. The molecule has 0 bridgehead atoms. The Bertz CT molecular complexity index is 456. The first-order valence-electron chi connectivity index (χ1n) is 6.02. The van der Waals surface area contributed by atoms with Crippen molar-refractivity contribution < 1.29 is 0 Å². The Balaban J connectivity index is 2.11. The quantitative estimate of drug-likeness (QED) is 0.882. The zero-order valence-corrected chi connectivity index (χ0v) is 12.7. The van der Waals surface area contributed by atoms with Gasteiger partial charge in [-0.25, -0.2) is 4.98 Å². The summed E-state index contributed by atoms with van der Waals surface area (Å²) in [5.41, 5.74) is 1.07. The Morgan fingerprint density at radius 1 is 1.39 bits per heavy atom. The van der Waals surface area contributed by atoms with Gasteiger partial charge >= 0.3 is 0 Å². The van der Waals surface area contributed by atoms with E-state index >= 15 is 0 Å². The Morgan fingerprint density at radius 2 is 2.28 bits per heavy atom. The molecule has 18 heavy (non-hydrogen) atoms. The van der Waals surface area contributed by atoms with Crippen molar-refractivity contribution in [2.45, 2.75) is 25.8 Å². The molecular formula is C13H16BrN3S. The monoisotopic (exact) mass is 325 g/mol. The van der Waals surface area contributed by atoms with E-state index in [2.05, 4.69) is 44.2 Å². The topological polar surface area (TPSA) is 37.8 Å². The maximum Gasteiger partial charge on any atom is 0.0944 e. The first-order chi connectivity index (χ1) is 8.79. The lowest BCUT2D eigenvalue weighted by atomic mass is 10.1. The maximum atomic E-state index is 4.48. The summed E-state index contributed by atoms with van der Waals surface area (Å²) in [5, 5.41) is 6.69.